The SMILES string of the molecule is [C-]#[N+]c1cc(-c2ccc(-c3ccc4ccc5ccccc5c4c3)cc2)cc(-c2cccc(-c3ccccc3-c3nc(-c4ccccc4)nc(-c4ccc(-c5ccccc5)c(C#N)c4)n3)c2)c1. The Morgan fingerprint density at radius 3 is 1.59 bits per heavy atom. The summed E-state index contributed by atoms with van der Waals surface area (Å²) in [4.78, 5) is 19.0. The van der Waals surface area contributed by atoms with Gasteiger partial charge in [0.2, 0.25) is 0 Å². The molecule has 11 aromatic rings. The van der Waals surface area contributed by atoms with E-state index >= 15 is 0 Å². The third-order valence-corrected chi connectivity index (χ3v) is 12.2. The van der Waals surface area contributed by atoms with Gasteiger partial charge in [-0.05, 0) is 114 Å². The van der Waals surface area contributed by atoms with Crippen LogP contribution in [-0.4, -0.2) is 15.0 Å². The normalized spacial score (nSPS) is 11.0. The van der Waals surface area contributed by atoms with Crippen LogP contribution in [0.1, 0.15) is 5.56 Å². The minimum atomic E-state index is 0.473. The fraction of sp³-hybridized carbons (Fsp3) is 0. The van der Waals surface area contributed by atoms with Crippen molar-refractivity contribution in [2.45, 2.75) is 0 Å². The average Bonchev–Trinajstić information content (AvgIpc) is 3.40. The van der Waals surface area contributed by atoms with Crippen molar-refractivity contribution in [3.63, 3.8) is 0 Å². The van der Waals surface area contributed by atoms with Crippen LogP contribution in [0.4, 0.5) is 5.69 Å². The fourth-order valence-corrected chi connectivity index (χ4v) is 8.83. The molecule has 0 amide bonds. The van der Waals surface area contributed by atoms with Crippen molar-refractivity contribution < 1.29 is 0 Å². The summed E-state index contributed by atoms with van der Waals surface area (Å²) in [5.74, 6) is 1.52. The molecule has 306 valence electrons. The molecule has 0 saturated carbocycles. The summed E-state index contributed by atoms with van der Waals surface area (Å²) in [7, 11) is 0. The van der Waals surface area contributed by atoms with E-state index < -0.39 is 0 Å². The molecule has 0 aliphatic heterocycles. The average molecular weight is 840 g/mol. The first kappa shape index (κ1) is 39.5. The molecular formula is C61H37N5. The van der Waals surface area contributed by atoms with E-state index in [1.165, 1.54) is 21.5 Å². The highest BCUT2D eigenvalue weighted by atomic mass is 15.0. The molecule has 0 unspecified atom stereocenters. The van der Waals surface area contributed by atoms with Crippen LogP contribution >= 0.6 is 0 Å². The minimum absolute atomic E-state index is 0.473. The molecule has 0 aliphatic rings. The van der Waals surface area contributed by atoms with Gasteiger partial charge >= 0.3 is 0 Å². The third kappa shape index (κ3) is 7.64. The Bertz CT molecular complexity index is 3710. The molecule has 0 N–H and O–H groups in total. The second-order valence-corrected chi connectivity index (χ2v) is 16.2. The lowest BCUT2D eigenvalue weighted by Gasteiger charge is -2.14. The number of benzene rings is 10. The lowest BCUT2D eigenvalue weighted by Crippen LogP contribution is -2.01. The largest absolute Gasteiger partial charge is 0.238 e. The van der Waals surface area contributed by atoms with Gasteiger partial charge in [-0.3, -0.25) is 0 Å². The summed E-state index contributed by atoms with van der Waals surface area (Å²) >= 11 is 0. The Morgan fingerprint density at radius 2 is 0.848 bits per heavy atom. The van der Waals surface area contributed by atoms with Gasteiger partial charge in [-0.25, -0.2) is 19.8 Å². The van der Waals surface area contributed by atoms with E-state index in [9.17, 15) is 5.26 Å². The quantitative estimate of drug-likeness (QED) is 0.113. The van der Waals surface area contributed by atoms with E-state index in [0.29, 0.717) is 28.7 Å². The molecule has 0 fully saturated rings. The van der Waals surface area contributed by atoms with Crippen LogP contribution in [0.2, 0.25) is 0 Å². The standard InChI is InChI=1S/C61H37N5/c1-63-53-36-50(41-25-23-40(24-26-41)47-30-29-44-28-27-43-15-8-9-20-55(43)58(44)38-47)35-51(37-53)46-18-12-19-48(33-46)56-21-10-11-22-57(56)61-65-59(45-16-6-3-7-17-45)64-60(66-61)49-31-32-54(52(34-49)39-62)42-13-4-2-5-14-42/h2-38H. The summed E-state index contributed by atoms with van der Waals surface area (Å²) in [6.45, 7) is 8.05. The van der Waals surface area contributed by atoms with Crippen LogP contribution in [0.5, 0.6) is 0 Å². The van der Waals surface area contributed by atoms with Crippen LogP contribution in [0.15, 0.2) is 224 Å². The lowest BCUT2D eigenvalue weighted by atomic mass is 9.93. The van der Waals surface area contributed by atoms with Gasteiger partial charge in [-0.15, -0.1) is 0 Å². The highest BCUT2D eigenvalue weighted by Gasteiger charge is 2.18. The van der Waals surface area contributed by atoms with Gasteiger partial charge in [0.25, 0.3) is 0 Å². The van der Waals surface area contributed by atoms with Crippen molar-refractivity contribution in [1.29, 1.82) is 5.26 Å². The molecule has 66 heavy (non-hydrogen) atoms. The summed E-state index contributed by atoms with van der Waals surface area (Å²) in [5, 5.41) is 15.2. The molecule has 0 radical (unpaired) electrons. The lowest BCUT2D eigenvalue weighted by molar-refractivity contribution is 1.07. The summed E-state index contributed by atoms with van der Waals surface area (Å²) < 4.78 is 0. The maximum absolute atomic E-state index is 10.3. The number of nitriles is 1. The molecule has 0 saturated heterocycles. The van der Waals surface area contributed by atoms with Gasteiger partial charge in [0, 0.05) is 16.7 Å². The summed E-state index contributed by atoms with van der Waals surface area (Å²) in [6.07, 6.45) is 0. The van der Waals surface area contributed by atoms with Gasteiger partial charge in [-0.2, -0.15) is 5.26 Å². The number of hydrogen-bond donors (Lipinski definition) is 0. The predicted molar refractivity (Wildman–Crippen MR) is 269 cm³/mol. The predicted octanol–water partition coefficient (Wildman–Crippen LogP) is 15.9. The van der Waals surface area contributed by atoms with E-state index in [1.54, 1.807) is 0 Å². The van der Waals surface area contributed by atoms with Crippen LogP contribution < -0.4 is 0 Å². The van der Waals surface area contributed by atoms with Crippen molar-refractivity contribution in [3.05, 3.63) is 241 Å². The Kier molecular flexibility index (Phi) is 10.3. The Balaban J connectivity index is 0.952. The van der Waals surface area contributed by atoms with E-state index in [-0.39, 0.29) is 0 Å². The molecule has 0 atom stereocenters. The van der Waals surface area contributed by atoms with Gasteiger partial charge in [0.15, 0.2) is 23.2 Å². The molecule has 0 bridgehead atoms. The zero-order chi connectivity index (χ0) is 44.4. The molecule has 5 nitrogen and oxygen atoms in total. The number of nitrogens with zero attached hydrogens (tertiary/aromatic N) is 5. The first-order valence-corrected chi connectivity index (χ1v) is 21.8. The molecule has 10 aromatic carbocycles. The Labute approximate surface area is 383 Å². The van der Waals surface area contributed by atoms with Gasteiger partial charge in [0.05, 0.1) is 18.2 Å². The second-order valence-electron chi connectivity index (χ2n) is 16.2. The van der Waals surface area contributed by atoms with Crippen molar-refractivity contribution >= 4 is 27.2 Å². The minimum Gasteiger partial charge on any atom is -0.238 e. The number of fused-ring (bicyclic) bond motifs is 3. The number of rotatable bonds is 8. The number of aromatic nitrogens is 3. The topological polar surface area (TPSA) is 66.8 Å². The molecule has 1 heterocycles. The number of hydrogen-bond acceptors (Lipinski definition) is 4. The van der Waals surface area contributed by atoms with E-state index in [0.717, 1.165) is 72.3 Å². The van der Waals surface area contributed by atoms with Crippen LogP contribution in [0, 0.1) is 17.9 Å². The van der Waals surface area contributed by atoms with Crippen molar-refractivity contribution in [1.82, 2.24) is 15.0 Å². The van der Waals surface area contributed by atoms with Crippen LogP contribution in [-0.2, 0) is 0 Å². The fourth-order valence-electron chi connectivity index (χ4n) is 8.83. The van der Waals surface area contributed by atoms with Crippen molar-refractivity contribution in [2.75, 3.05) is 0 Å². The second kappa shape index (κ2) is 17.1. The Hall–Kier alpha value is -9.29. The molecule has 1 aromatic heterocycles. The van der Waals surface area contributed by atoms with Crippen molar-refractivity contribution in [2.24, 2.45) is 0 Å². The van der Waals surface area contributed by atoms with E-state index in [1.807, 2.05) is 109 Å². The molecule has 0 spiro atoms. The van der Waals surface area contributed by atoms with Crippen molar-refractivity contribution in [3.8, 4) is 95.9 Å². The van der Waals surface area contributed by atoms with Crippen LogP contribution in [0.3, 0.4) is 0 Å². The van der Waals surface area contributed by atoms with Crippen LogP contribution in [0.25, 0.3) is 116 Å². The maximum atomic E-state index is 10.3. The first-order chi connectivity index (χ1) is 32.6. The summed E-state index contributed by atoms with van der Waals surface area (Å²) in [5.41, 5.74) is 13.5. The summed E-state index contributed by atoms with van der Waals surface area (Å²) in [6, 6.07) is 78.8. The molecule has 5 heteroatoms. The monoisotopic (exact) mass is 839 g/mol. The highest BCUT2D eigenvalue weighted by molar-refractivity contribution is 6.08. The zero-order valence-electron chi connectivity index (χ0n) is 35.6. The molecule has 0 aliphatic carbocycles. The Morgan fingerprint density at radius 1 is 0.333 bits per heavy atom. The van der Waals surface area contributed by atoms with E-state index in [4.69, 9.17) is 21.5 Å². The highest BCUT2D eigenvalue weighted by Crippen LogP contribution is 2.38. The van der Waals surface area contributed by atoms with Gasteiger partial charge in [-0.1, -0.05) is 188 Å². The zero-order valence-corrected chi connectivity index (χ0v) is 35.6. The third-order valence-electron chi connectivity index (χ3n) is 12.2. The van der Waals surface area contributed by atoms with Gasteiger partial charge < -0.3 is 0 Å². The first-order valence-electron chi connectivity index (χ1n) is 21.8. The maximum Gasteiger partial charge on any atom is 0.188 e. The van der Waals surface area contributed by atoms with Gasteiger partial charge in [0.1, 0.15) is 0 Å². The van der Waals surface area contributed by atoms with E-state index in [2.05, 4.69) is 126 Å². The molecule has 11 rings (SSSR count). The molecular weight excluding hydrogens is 803 g/mol. The smallest absolute Gasteiger partial charge is 0.188 e.